The Kier molecular flexibility index (Phi) is 3.10. The van der Waals surface area contributed by atoms with Gasteiger partial charge in [-0.2, -0.15) is 0 Å². The van der Waals surface area contributed by atoms with Crippen molar-refractivity contribution in [2.75, 3.05) is 0 Å². The van der Waals surface area contributed by atoms with Crippen LogP contribution in [0.25, 0.3) is 10.9 Å². The molecule has 3 rings (SSSR count). The van der Waals surface area contributed by atoms with E-state index in [2.05, 4.69) is 4.98 Å². The van der Waals surface area contributed by atoms with Crippen molar-refractivity contribution in [3.63, 3.8) is 0 Å². The van der Waals surface area contributed by atoms with Crippen molar-refractivity contribution >= 4 is 20.7 Å². The third kappa shape index (κ3) is 2.34. The molecule has 1 N–H and O–H groups in total. The SMILES string of the molecule is Cc1ccc(S(=O)(=O)[CH]c2c[nH]c3ccccc23)cc1. The summed E-state index contributed by atoms with van der Waals surface area (Å²) < 4.78 is 24.8. The first-order chi connectivity index (χ1) is 9.56. The fourth-order valence-corrected chi connectivity index (χ4v) is 3.34. The largest absolute Gasteiger partial charge is 0.361 e. The fraction of sp³-hybridized carbons (Fsp3) is 0.0625. The van der Waals surface area contributed by atoms with E-state index in [1.165, 1.54) is 5.75 Å². The van der Waals surface area contributed by atoms with Gasteiger partial charge < -0.3 is 4.98 Å². The van der Waals surface area contributed by atoms with Crippen LogP contribution in [0.15, 0.2) is 59.6 Å². The highest BCUT2D eigenvalue weighted by Crippen LogP contribution is 2.24. The molecule has 0 aliphatic carbocycles. The van der Waals surface area contributed by atoms with Crippen molar-refractivity contribution in [3.8, 4) is 0 Å². The number of para-hydroxylation sites is 1. The van der Waals surface area contributed by atoms with E-state index in [9.17, 15) is 8.42 Å². The van der Waals surface area contributed by atoms with Gasteiger partial charge in [0.15, 0.2) is 9.84 Å². The van der Waals surface area contributed by atoms with Crippen molar-refractivity contribution in [3.05, 3.63) is 71.6 Å². The van der Waals surface area contributed by atoms with Crippen LogP contribution in [0.3, 0.4) is 0 Å². The number of H-pyrrole nitrogens is 1. The second-order valence-electron chi connectivity index (χ2n) is 4.77. The van der Waals surface area contributed by atoms with Crippen LogP contribution in [-0.2, 0) is 9.84 Å². The molecule has 0 saturated carbocycles. The number of aromatic nitrogens is 1. The van der Waals surface area contributed by atoms with Crippen LogP contribution in [0.1, 0.15) is 11.1 Å². The molecule has 101 valence electrons. The van der Waals surface area contributed by atoms with E-state index in [1.807, 2.05) is 31.2 Å². The minimum Gasteiger partial charge on any atom is -0.361 e. The molecule has 3 nitrogen and oxygen atoms in total. The second kappa shape index (κ2) is 4.80. The normalized spacial score (nSPS) is 11.8. The zero-order chi connectivity index (χ0) is 14.2. The minimum atomic E-state index is -3.44. The van der Waals surface area contributed by atoms with Gasteiger partial charge in [0.2, 0.25) is 0 Å². The molecule has 0 fully saturated rings. The molecule has 2 aromatic carbocycles. The molecule has 0 bridgehead atoms. The lowest BCUT2D eigenvalue weighted by atomic mass is 10.2. The molecule has 1 aromatic heterocycles. The van der Waals surface area contributed by atoms with E-state index < -0.39 is 9.84 Å². The quantitative estimate of drug-likeness (QED) is 0.800. The van der Waals surface area contributed by atoms with Gasteiger partial charge in [-0.25, -0.2) is 8.42 Å². The maximum atomic E-state index is 12.4. The van der Waals surface area contributed by atoms with E-state index in [0.29, 0.717) is 10.5 Å². The van der Waals surface area contributed by atoms with Crippen LogP contribution in [0.5, 0.6) is 0 Å². The van der Waals surface area contributed by atoms with Gasteiger partial charge in [-0.15, -0.1) is 0 Å². The second-order valence-corrected chi connectivity index (χ2v) is 6.56. The Morgan fingerprint density at radius 1 is 1.00 bits per heavy atom. The first-order valence-electron chi connectivity index (χ1n) is 6.29. The predicted molar refractivity (Wildman–Crippen MR) is 80.1 cm³/mol. The third-order valence-corrected chi connectivity index (χ3v) is 4.75. The molecular formula is C16H14NO2S. The number of hydrogen-bond acceptors (Lipinski definition) is 2. The maximum Gasteiger partial charge on any atom is 0.187 e. The third-order valence-electron chi connectivity index (χ3n) is 3.25. The first kappa shape index (κ1) is 12.9. The van der Waals surface area contributed by atoms with Gasteiger partial charge >= 0.3 is 0 Å². The van der Waals surface area contributed by atoms with Gasteiger partial charge in [0.1, 0.15) is 5.75 Å². The van der Waals surface area contributed by atoms with Crippen molar-refractivity contribution in [2.45, 2.75) is 11.8 Å². The molecule has 20 heavy (non-hydrogen) atoms. The van der Waals surface area contributed by atoms with E-state index in [-0.39, 0.29) is 0 Å². The van der Waals surface area contributed by atoms with Gasteiger partial charge in [-0.1, -0.05) is 35.9 Å². The van der Waals surface area contributed by atoms with Gasteiger partial charge in [0.05, 0.1) is 4.90 Å². The highest BCUT2D eigenvalue weighted by atomic mass is 32.2. The molecule has 0 spiro atoms. The van der Waals surface area contributed by atoms with Crippen molar-refractivity contribution < 1.29 is 8.42 Å². The molecule has 1 radical (unpaired) electrons. The summed E-state index contributed by atoms with van der Waals surface area (Å²) in [5.41, 5.74) is 2.65. The number of nitrogens with one attached hydrogen (secondary N) is 1. The molecule has 0 aliphatic rings. The fourth-order valence-electron chi connectivity index (χ4n) is 2.15. The number of hydrogen-bond donors (Lipinski definition) is 1. The van der Waals surface area contributed by atoms with Crippen LogP contribution in [0.4, 0.5) is 0 Å². The monoisotopic (exact) mass is 284 g/mol. The lowest BCUT2D eigenvalue weighted by Gasteiger charge is -2.03. The van der Waals surface area contributed by atoms with E-state index in [0.717, 1.165) is 16.5 Å². The van der Waals surface area contributed by atoms with Crippen LogP contribution >= 0.6 is 0 Å². The first-order valence-corrected chi connectivity index (χ1v) is 7.83. The highest BCUT2D eigenvalue weighted by molar-refractivity contribution is 7.93. The smallest absolute Gasteiger partial charge is 0.187 e. The summed E-state index contributed by atoms with van der Waals surface area (Å²) in [6, 6.07) is 14.5. The summed E-state index contributed by atoms with van der Waals surface area (Å²) in [5.74, 6) is 1.32. The van der Waals surface area contributed by atoms with E-state index in [4.69, 9.17) is 0 Å². The topological polar surface area (TPSA) is 49.9 Å². The predicted octanol–water partition coefficient (Wildman–Crippen LogP) is 3.46. The summed E-state index contributed by atoms with van der Waals surface area (Å²) in [6.45, 7) is 1.93. The zero-order valence-electron chi connectivity index (χ0n) is 11.0. The zero-order valence-corrected chi connectivity index (χ0v) is 11.8. The summed E-state index contributed by atoms with van der Waals surface area (Å²) in [6.07, 6.45) is 1.72. The van der Waals surface area contributed by atoms with E-state index in [1.54, 1.807) is 30.5 Å². The van der Waals surface area contributed by atoms with E-state index >= 15 is 0 Å². The Morgan fingerprint density at radius 2 is 1.70 bits per heavy atom. The molecule has 0 aliphatic heterocycles. The molecule has 1 heterocycles. The van der Waals surface area contributed by atoms with Gasteiger partial charge in [0, 0.05) is 17.1 Å². The summed E-state index contributed by atoms with van der Waals surface area (Å²) >= 11 is 0. The van der Waals surface area contributed by atoms with Crippen molar-refractivity contribution in [2.24, 2.45) is 0 Å². The Bertz CT molecular complexity index is 846. The molecular weight excluding hydrogens is 270 g/mol. The Labute approximate surface area is 118 Å². The summed E-state index contributed by atoms with van der Waals surface area (Å²) in [7, 11) is -3.44. The highest BCUT2D eigenvalue weighted by Gasteiger charge is 2.18. The Balaban J connectivity index is 1.99. The van der Waals surface area contributed by atoms with Crippen LogP contribution in [0, 0.1) is 12.7 Å². The van der Waals surface area contributed by atoms with Crippen LogP contribution < -0.4 is 0 Å². The number of aryl methyl sites for hydroxylation is 1. The average molecular weight is 284 g/mol. The average Bonchev–Trinajstić information content (AvgIpc) is 2.82. The van der Waals surface area contributed by atoms with Gasteiger partial charge in [-0.05, 0) is 30.7 Å². The van der Waals surface area contributed by atoms with Crippen LogP contribution in [-0.4, -0.2) is 13.4 Å². The van der Waals surface area contributed by atoms with Crippen LogP contribution in [0.2, 0.25) is 0 Å². The maximum absolute atomic E-state index is 12.4. The standard InChI is InChI=1S/C16H14NO2S/c1-12-6-8-14(9-7-12)20(18,19)11-13-10-17-16-5-3-2-4-15(13)16/h2-11,17H,1H3. The molecule has 3 aromatic rings. The Hall–Kier alpha value is -2.07. The molecule has 0 atom stereocenters. The molecule has 0 unspecified atom stereocenters. The summed E-state index contributed by atoms with van der Waals surface area (Å²) in [4.78, 5) is 3.39. The van der Waals surface area contributed by atoms with Crippen molar-refractivity contribution in [1.82, 2.24) is 4.98 Å². The number of fused-ring (bicyclic) bond motifs is 1. The minimum absolute atomic E-state index is 0.313. The van der Waals surface area contributed by atoms with Gasteiger partial charge in [-0.3, -0.25) is 0 Å². The van der Waals surface area contributed by atoms with Crippen molar-refractivity contribution in [1.29, 1.82) is 0 Å². The lowest BCUT2D eigenvalue weighted by molar-refractivity contribution is 0.602. The number of benzene rings is 2. The molecule has 0 amide bonds. The number of aromatic amines is 1. The number of rotatable bonds is 3. The number of sulfone groups is 1. The van der Waals surface area contributed by atoms with Gasteiger partial charge in [0.25, 0.3) is 0 Å². The molecule has 0 saturated heterocycles. The Morgan fingerprint density at radius 3 is 2.45 bits per heavy atom. The molecule has 4 heteroatoms. The lowest BCUT2D eigenvalue weighted by Crippen LogP contribution is -2.02. The summed E-state index contributed by atoms with van der Waals surface area (Å²) in [5, 5.41) is 0.906.